The molecule has 1 aromatic heterocycles. The van der Waals surface area contributed by atoms with Crippen LogP contribution in [0.1, 0.15) is 6.42 Å². The Labute approximate surface area is 114 Å². The molecule has 5 nitrogen and oxygen atoms in total. The van der Waals surface area contributed by atoms with Gasteiger partial charge in [-0.1, -0.05) is 0 Å². The van der Waals surface area contributed by atoms with Gasteiger partial charge < -0.3 is 9.88 Å². The highest BCUT2D eigenvalue weighted by atomic mass is 79.9. The van der Waals surface area contributed by atoms with Crippen molar-refractivity contribution in [2.24, 2.45) is 0 Å². The molecule has 0 saturated carbocycles. The Kier molecular flexibility index (Phi) is 4.24. The lowest BCUT2D eigenvalue weighted by atomic mass is 10.2. The van der Waals surface area contributed by atoms with Crippen molar-refractivity contribution in [3.8, 4) is 0 Å². The van der Waals surface area contributed by atoms with E-state index >= 15 is 0 Å². The van der Waals surface area contributed by atoms with Gasteiger partial charge in [-0.05, 0) is 34.5 Å². The second kappa shape index (κ2) is 5.54. The van der Waals surface area contributed by atoms with Crippen LogP contribution in [0.2, 0.25) is 0 Å². The lowest BCUT2D eigenvalue weighted by molar-refractivity contribution is 0.514. The van der Waals surface area contributed by atoms with Crippen LogP contribution in [0.15, 0.2) is 27.6 Å². The van der Waals surface area contributed by atoms with Gasteiger partial charge in [-0.3, -0.25) is 4.79 Å². The van der Waals surface area contributed by atoms with E-state index in [1.165, 1.54) is 0 Å². The predicted molar refractivity (Wildman–Crippen MR) is 73.5 cm³/mol. The molecule has 100 valence electrons. The molecule has 0 aromatic carbocycles. The van der Waals surface area contributed by atoms with Crippen LogP contribution < -0.4 is 10.9 Å². The molecule has 0 amide bonds. The molecule has 1 unspecified atom stereocenters. The summed E-state index contributed by atoms with van der Waals surface area (Å²) >= 11 is 3.19. The fourth-order valence-electron chi connectivity index (χ4n) is 2.03. The monoisotopic (exact) mass is 334 g/mol. The van der Waals surface area contributed by atoms with Gasteiger partial charge in [-0.15, -0.1) is 0 Å². The zero-order valence-corrected chi connectivity index (χ0v) is 12.2. The zero-order valence-electron chi connectivity index (χ0n) is 9.80. The van der Waals surface area contributed by atoms with Crippen LogP contribution in [-0.2, 0) is 16.4 Å². The van der Waals surface area contributed by atoms with Gasteiger partial charge in [0.2, 0.25) is 0 Å². The van der Waals surface area contributed by atoms with Gasteiger partial charge in [0.05, 0.1) is 16.0 Å². The minimum atomic E-state index is -2.84. The molecule has 18 heavy (non-hydrogen) atoms. The average molecular weight is 335 g/mol. The first-order chi connectivity index (χ1) is 8.48. The topological polar surface area (TPSA) is 68.2 Å². The van der Waals surface area contributed by atoms with E-state index in [0.29, 0.717) is 24.0 Å². The largest absolute Gasteiger partial charge is 0.313 e. The SMILES string of the molecule is O=c1c(Br)cccn1CCNC1CCS(=O)(=O)C1. The maximum atomic E-state index is 11.7. The molecule has 1 aliphatic rings. The van der Waals surface area contributed by atoms with E-state index in [-0.39, 0.29) is 23.1 Å². The zero-order chi connectivity index (χ0) is 13.2. The van der Waals surface area contributed by atoms with Crippen molar-refractivity contribution in [3.63, 3.8) is 0 Å². The van der Waals surface area contributed by atoms with Crippen molar-refractivity contribution in [3.05, 3.63) is 33.2 Å². The number of hydrogen-bond acceptors (Lipinski definition) is 4. The molecule has 1 aliphatic heterocycles. The van der Waals surface area contributed by atoms with Gasteiger partial charge in [0.1, 0.15) is 0 Å². The van der Waals surface area contributed by atoms with Crippen LogP contribution in [0.3, 0.4) is 0 Å². The number of pyridine rings is 1. The van der Waals surface area contributed by atoms with Crippen molar-refractivity contribution in [2.75, 3.05) is 18.1 Å². The quantitative estimate of drug-likeness (QED) is 0.864. The van der Waals surface area contributed by atoms with Crippen LogP contribution in [0.25, 0.3) is 0 Å². The molecule has 0 radical (unpaired) electrons. The molecule has 0 bridgehead atoms. The van der Waals surface area contributed by atoms with Crippen molar-refractivity contribution in [1.82, 2.24) is 9.88 Å². The first kappa shape index (κ1) is 13.8. The van der Waals surface area contributed by atoms with Gasteiger partial charge in [-0.25, -0.2) is 8.42 Å². The summed E-state index contributed by atoms with van der Waals surface area (Å²) in [6.45, 7) is 1.13. The second-order valence-corrected chi connectivity index (χ2v) is 7.49. The highest BCUT2D eigenvalue weighted by Gasteiger charge is 2.26. The summed E-state index contributed by atoms with van der Waals surface area (Å²) in [5.41, 5.74) is -0.0710. The van der Waals surface area contributed by atoms with Crippen LogP contribution in [-0.4, -0.2) is 37.1 Å². The normalized spacial score (nSPS) is 22.2. The van der Waals surface area contributed by atoms with Gasteiger partial charge >= 0.3 is 0 Å². The molecule has 1 atom stereocenters. The summed E-state index contributed by atoms with van der Waals surface area (Å²) in [4.78, 5) is 11.7. The molecular weight excluding hydrogens is 320 g/mol. The Bertz CT molecular complexity index is 582. The van der Waals surface area contributed by atoms with Crippen molar-refractivity contribution < 1.29 is 8.42 Å². The van der Waals surface area contributed by atoms with Gasteiger partial charge in [0.15, 0.2) is 9.84 Å². The smallest absolute Gasteiger partial charge is 0.264 e. The fourth-order valence-corrected chi connectivity index (χ4v) is 4.12. The Balaban J connectivity index is 1.86. The molecule has 1 saturated heterocycles. The Hall–Kier alpha value is -0.660. The van der Waals surface area contributed by atoms with Crippen LogP contribution in [0.5, 0.6) is 0 Å². The standard InChI is InChI=1S/C11H15BrN2O3S/c12-10-2-1-5-14(11(10)15)6-4-13-9-3-7-18(16,17)8-9/h1-2,5,9,13H,3-4,6-8H2. The van der Waals surface area contributed by atoms with E-state index in [0.717, 1.165) is 0 Å². The third-order valence-corrected chi connectivity index (χ3v) is 5.36. The van der Waals surface area contributed by atoms with E-state index in [1.54, 1.807) is 22.9 Å². The summed E-state index contributed by atoms with van der Waals surface area (Å²) in [6.07, 6.45) is 2.38. The van der Waals surface area contributed by atoms with Crippen LogP contribution >= 0.6 is 15.9 Å². The molecule has 0 spiro atoms. The number of nitrogens with one attached hydrogen (secondary N) is 1. The van der Waals surface area contributed by atoms with Gasteiger partial charge in [0.25, 0.3) is 5.56 Å². The lowest BCUT2D eigenvalue weighted by Crippen LogP contribution is -2.34. The Morgan fingerprint density at radius 2 is 2.28 bits per heavy atom. The molecule has 1 aromatic rings. The number of hydrogen-bond donors (Lipinski definition) is 1. The fraction of sp³-hybridized carbons (Fsp3) is 0.545. The summed E-state index contributed by atoms with van der Waals surface area (Å²) < 4.78 is 24.7. The summed E-state index contributed by atoms with van der Waals surface area (Å²) in [6, 6.07) is 3.53. The number of aromatic nitrogens is 1. The minimum absolute atomic E-state index is 0.0258. The lowest BCUT2D eigenvalue weighted by Gasteiger charge is -2.11. The number of sulfone groups is 1. The summed E-state index contributed by atoms with van der Waals surface area (Å²) in [5, 5.41) is 3.18. The van der Waals surface area contributed by atoms with E-state index < -0.39 is 9.84 Å². The predicted octanol–water partition coefficient (Wildman–Crippen LogP) is 0.388. The van der Waals surface area contributed by atoms with E-state index in [9.17, 15) is 13.2 Å². The third kappa shape index (κ3) is 3.43. The number of halogens is 1. The number of rotatable bonds is 4. The molecule has 1 fully saturated rings. The van der Waals surface area contributed by atoms with Crippen LogP contribution in [0.4, 0.5) is 0 Å². The first-order valence-corrected chi connectivity index (χ1v) is 8.38. The first-order valence-electron chi connectivity index (χ1n) is 5.77. The molecular formula is C11H15BrN2O3S. The molecule has 2 rings (SSSR count). The van der Waals surface area contributed by atoms with E-state index in [4.69, 9.17) is 0 Å². The molecule has 7 heteroatoms. The Morgan fingerprint density at radius 1 is 1.50 bits per heavy atom. The van der Waals surface area contributed by atoms with Crippen molar-refractivity contribution in [1.29, 1.82) is 0 Å². The van der Waals surface area contributed by atoms with Gasteiger partial charge in [0, 0.05) is 25.3 Å². The maximum absolute atomic E-state index is 11.7. The molecule has 0 aliphatic carbocycles. The summed E-state index contributed by atoms with van der Waals surface area (Å²) in [7, 11) is -2.84. The highest BCUT2D eigenvalue weighted by molar-refractivity contribution is 9.10. The Morgan fingerprint density at radius 3 is 2.94 bits per heavy atom. The second-order valence-electron chi connectivity index (χ2n) is 4.41. The maximum Gasteiger partial charge on any atom is 0.264 e. The van der Waals surface area contributed by atoms with Gasteiger partial charge in [-0.2, -0.15) is 0 Å². The number of nitrogens with zero attached hydrogens (tertiary/aromatic N) is 1. The van der Waals surface area contributed by atoms with Crippen molar-refractivity contribution in [2.45, 2.75) is 19.0 Å². The third-order valence-electron chi connectivity index (χ3n) is 2.99. The average Bonchev–Trinajstić information content (AvgIpc) is 2.64. The minimum Gasteiger partial charge on any atom is -0.313 e. The van der Waals surface area contributed by atoms with E-state index in [2.05, 4.69) is 21.2 Å². The van der Waals surface area contributed by atoms with E-state index in [1.807, 2.05) is 0 Å². The molecule has 1 N–H and O–H groups in total. The molecule has 2 heterocycles. The summed E-state index contributed by atoms with van der Waals surface area (Å²) in [5.74, 6) is 0.474. The highest BCUT2D eigenvalue weighted by Crippen LogP contribution is 2.10. The van der Waals surface area contributed by atoms with Crippen LogP contribution in [0, 0.1) is 0 Å². The van der Waals surface area contributed by atoms with Crippen molar-refractivity contribution >= 4 is 25.8 Å².